The highest BCUT2D eigenvalue weighted by Gasteiger charge is 1.99. The third-order valence-electron chi connectivity index (χ3n) is 2.17. The average Bonchev–Trinajstić information content (AvgIpc) is 2.65. The Labute approximate surface area is 88.0 Å². The van der Waals surface area contributed by atoms with Gasteiger partial charge in [-0.15, -0.1) is 11.8 Å². The smallest absolute Gasteiger partial charge is 0.0994 e. The fourth-order valence-electron chi connectivity index (χ4n) is 1.37. The molecule has 0 atom stereocenters. The number of thioether (sulfide) groups is 1. The number of benzene rings is 1. The van der Waals surface area contributed by atoms with Crippen LogP contribution in [0.4, 0.5) is 0 Å². The quantitative estimate of drug-likeness (QED) is 0.700. The molecule has 3 heteroatoms. The predicted molar refractivity (Wildman–Crippen MR) is 60.1 cm³/mol. The lowest BCUT2D eigenvalue weighted by molar-refractivity contribution is 1.00. The predicted octanol–water partition coefficient (Wildman–Crippen LogP) is 2.90. The van der Waals surface area contributed by atoms with Crippen LogP contribution in [0.25, 0.3) is 5.69 Å². The first-order chi connectivity index (χ1) is 6.81. The molecule has 14 heavy (non-hydrogen) atoms. The van der Waals surface area contributed by atoms with Gasteiger partial charge in [0.2, 0.25) is 0 Å². The lowest BCUT2D eigenvalue weighted by atomic mass is 10.3. The van der Waals surface area contributed by atoms with Crippen LogP contribution in [-0.2, 0) is 0 Å². The van der Waals surface area contributed by atoms with Gasteiger partial charge in [-0.05, 0) is 37.4 Å². The Kier molecular flexibility index (Phi) is 2.59. The van der Waals surface area contributed by atoms with E-state index in [9.17, 15) is 0 Å². The van der Waals surface area contributed by atoms with Crippen molar-refractivity contribution in [2.75, 3.05) is 6.26 Å². The number of nitrogens with zero attached hydrogens (tertiary/aromatic N) is 2. The van der Waals surface area contributed by atoms with Crippen molar-refractivity contribution >= 4 is 11.8 Å². The molecule has 1 aromatic heterocycles. The Hall–Kier alpha value is -1.22. The number of rotatable bonds is 2. The van der Waals surface area contributed by atoms with Gasteiger partial charge in [0.25, 0.3) is 0 Å². The third-order valence-corrected chi connectivity index (χ3v) is 2.92. The number of aryl methyl sites for hydroxylation is 1. The van der Waals surface area contributed by atoms with Crippen molar-refractivity contribution in [1.82, 2.24) is 9.55 Å². The van der Waals surface area contributed by atoms with Crippen LogP contribution in [0.5, 0.6) is 0 Å². The highest BCUT2D eigenvalue weighted by molar-refractivity contribution is 7.98. The molecule has 0 unspecified atom stereocenters. The Balaban J connectivity index is 2.39. The van der Waals surface area contributed by atoms with Gasteiger partial charge in [0, 0.05) is 22.5 Å². The standard InChI is InChI=1S/C11H12N2S/c1-9-7-12-8-13(9)10-3-5-11(14-2)6-4-10/h3-8H,1-2H3. The van der Waals surface area contributed by atoms with Crippen LogP contribution in [0.1, 0.15) is 5.69 Å². The van der Waals surface area contributed by atoms with Crippen molar-refractivity contribution < 1.29 is 0 Å². The SMILES string of the molecule is CSc1ccc(-n2cncc2C)cc1. The van der Waals surface area contributed by atoms with Gasteiger partial charge in [0.1, 0.15) is 0 Å². The zero-order chi connectivity index (χ0) is 9.97. The van der Waals surface area contributed by atoms with E-state index >= 15 is 0 Å². The van der Waals surface area contributed by atoms with Crippen LogP contribution in [0, 0.1) is 6.92 Å². The second-order valence-electron chi connectivity index (χ2n) is 3.10. The molecule has 0 aliphatic carbocycles. The summed E-state index contributed by atoms with van der Waals surface area (Å²) in [5.74, 6) is 0. The van der Waals surface area contributed by atoms with Gasteiger partial charge in [-0.1, -0.05) is 0 Å². The lowest BCUT2D eigenvalue weighted by Crippen LogP contribution is -1.93. The van der Waals surface area contributed by atoms with E-state index < -0.39 is 0 Å². The van der Waals surface area contributed by atoms with Gasteiger partial charge in [-0.3, -0.25) is 0 Å². The van der Waals surface area contributed by atoms with Crippen LogP contribution in [-0.4, -0.2) is 15.8 Å². The minimum Gasteiger partial charge on any atom is -0.304 e. The molecule has 1 heterocycles. The molecular formula is C11H12N2S. The van der Waals surface area contributed by atoms with E-state index in [1.807, 2.05) is 12.5 Å². The molecule has 0 radical (unpaired) electrons. The zero-order valence-electron chi connectivity index (χ0n) is 8.27. The number of hydrogen-bond acceptors (Lipinski definition) is 2. The minimum absolute atomic E-state index is 1.15. The van der Waals surface area contributed by atoms with Crippen LogP contribution < -0.4 is 0 Å². The summed E-state index contributed by atoms with van der Waals surface area (Å²) in [5, 5.41) is 0. The molecule has 0 aliphatic heterocycles. The average molecular weight is 204 g/mol. The zero-order valence-corrected chi connectivity index (χ0v) is 9.08. The summed E-state index contributed by atoms with van der Waals surface area (Å²) in [6, 6.07) is 8.47. The first kappa shape index (κ1) is 9.34. The van der Waals surface area contributed by atoms with E-state index in [-0.39, 0.29) is 0 Å². The molecule has 0 saturated carbocycles. The van der Waals surface area contributed by atoms with E-state index in [2.05, 4.69) is 47.0 Å². The van der Waals surface area contributed by atoms with Crippen LogP contribution in [0.2, 0.25) is 0 Å². The fraction of sp³-hybridized carbons (Fsp3) is 0.182. The van der Waals surface area contributed by atoms with E-state index in [4.69, 9.17) is 0 Å². The van der Waals surface area contributed by atoms with Gasteiger partial charge in [-0.2, -0.15) is 0 Å². The molecule has 2 aromatic rings. The highest BCUT2D eigenvalue weighted by Crippen LogP contribution is 2.17. The molecule has 2 nitrogen and oxygen atoms in total. The van der Waals surface area contributed by atoms with Crippen molar-refractivity contribution in [3.05, 3.63) is 42.5 Å². The topological polar surface area (TPSA) is 17.8 Å². The maximum atomic E-state index is 4.10. The van der Waals surface area contributed by atoms with Crippen LogP contribution >= 0.6 is 11.8 Å². The molecule has 72 valence electrons. The lowest BCUT2D eigenvalue weighted by Gasteiger charge is -2.05. The molecule has 0 fully saturated rings. The van der Waals surface area contributed by atoms with Gasteiger partial charge in [0.05, 0.1) is 6.33 Å². The second-order valence-corrected chi connectivity index (χ2v) is 3.98. The summed E-state index contributed by atoms with van der Waals surface area (Å²) in [4.78, 5) is 5.38. The summed E-state index contributed by atoms with van der Waals surface area (Å²) < 4.78 is 2.07. The van der Waals surface area contributed by atoms with Crippen molar-refractivity contribution in [2.24, 2.45) is 0 Å². The molecule has 0 amide bonds. The summed E-state index contributed by atoms with van der Waals surface area (Å²) in [5.41, 5.74) is 2.32. The highest BCUT2D eigenvalue weighted by atomic mass is 32.2. The normalized spacial score (nSPS) is 10.4. The molecule has 0 N–H and O–H groups in total. The monoisotopic (exact) mass is 204 g/mol. The maximum Gasteiger partial charge on any atom is 0.0994 e. The first-order valence-corrected chi connectivity index (χ1v) is 5.67. The molecule has 0 bridgehead atoms. The Morgan fingerprint density at radius 3 is 2.43 bits per heavy atom. The summed E-state index contributed by atoms with van der Waals surface area (Å²) in [7, 11) is 0. The third kappa shape index (κ3) is 1.68. The van der Waals surface area contributed by atoms with Crippen molar-refractivity contribution in [2.45, 2.75) is 11.8 Å². The van der Waals surface area contributed by atoms with Gasteiger partial charge >= 0.3 is 0 Å². The molecule has 0 aliphatic rings. The first-order valence-electron chi connectivity index (χ1n) is 4.44. The van der Waals surface area contributed by atoms with E-state index in [0.717, 1.165) is 11.4 Å². The van der Waals surface area contributed by atoms with Crippen LogP contribution in [0.15, 0.2) is 41.7 Å². The molecule has 0 spiro atoms. The molecular weight excluding hydrogens is 192 g/mol. The van der Waals surface area contributed by atoms with Gasteiger partial charge in [0.15, 0.2) is 0 Å². The van der Waals surface area contributed by atoms with E-state index in [1.54, 1.807) is 11.8 Å². The fourth-order valence-corrected chi connectivity index (χ4v) is 1.78. The Morgan fingerprint density at radius 2 is 1.93 bits per heavy atom. The maximum absolute atomic E-state index is 4.10. The van der Waals surface area contributed by atoms with Crippen LogP contribution in [0.3, 0.4) is 0 Å². The van der Waals surface area contributed by atoms with Crippen molar-refractivity contribution in [1.29, 1.82) is 0 Å². The van der Waals surface area contributed by atoms with Crippen molar-refractivity contribution in [3.8, 4) is 5.69 Å². The van der Waals surface area contributed by atoms with E-state index in [1.165, 1.54) is 4.90 Å². The summed E-state index contributed by atoms with van der Waals surface area (Å²) in [6.07, 6.45) is 5.78. The summed E-state index contributed by atoms with van der Waals surface area (Å²) in [6.45, 7) is 2.05. The second kappa shape index (κ2) is 3.88. The largest absolute Gasteiger partial charge is 0.304 e. The van der Waals surface area contributed by atoms with Crippen molar-refractivity contribution in [3.63, 3.8) is 0 Å². The number of imidazole rings is 1. The molecule has 2 rings (SSSR count). The number of aromatic nitrogens is 2. The number of hydrogen-bond donors (Lipinski definition) is 0. The minimum atomic E-state index is 1.15. The Morgan fingerprint density at radius 1 is 1.21 bits per heavy atom. The van der Waals surface area contributed by atoms with Gasteiger partial charge in [-0.25, -0.2) is 4.98 Å². The molecule has 0 saturated heterocycles. The Bertz CT molecular complexity index is 417. The summed E-state index contributed by atoms with van der Waals surface area (Å²) >= 11 is 1.75. The van der Waals surface area contributed by atoms with Gasteiger partial charge < -0.3 is 4.57 Å². The van der Waals surface area contributed by atoms with E-state index in [0.29, 0.717) is 0 Å². The molecule has 1 aromatic carbocycles.